The molecule has 1 heterocycles. The van der Waals surface area contributed by atoms with Crippen LogP contribution in [0, 0.1) is 5.41 Å². The summed E-state index contributed by atoms with van der Waals surface area (Å²) < 4.78 is 3.05. The van der Waals surface area contributed by atoms with E-state index in [4.69, 9.17) is 0 Å². The number of benzene rings is 3. The van der Waals surface area contributed by atoms with E-state index in [0.29, 0.717) is 35.1 Å². The molecule has 0 saturated carbocycles. The van der Waals surface area contributed by atoms with Gasteiger partial charge in [-0.25, -0.2) is 0 Å². The summed E-state index contributed by atoms with van der Waals surface area (Å²) in [5.41, 5.74) is 5.07. The minimum absolute atomic E-state index is 0.0131. The second-order valence-corrected chi connectivity index (χ2v) is 11.3. The summed E-state index contributed by atoms with van der Waals surface area (Å²) in [6.45, 7) is 4.19. The van der Waals surface area contributed by atoms with E-state index in [9.17, 15) is 14.4 Å². The summed E-state index contributed by atoms with van der Waals surface area (Å²) >= 11 is 3.52. The van der Waals surface area contributed by atoms with Crippen molar-refractivity contribution in [3.8, 4) is 16.9 Å². The third-order valence-corrected chi connectivity index (χ3v) is 7.80. The van der Waals surface area contributed by atoms with Crippen molar-refractivity contribution in [2.24, 2.45) is 5.41 Å². The normalized spacial score (nSPS) is 16.8. The first kappa shape index (κ1) is 22.9. The maximum absolute atomic E-state index is 13.8. The standard InChI is InChI=1S/C31H24BrNO3/c1-31(2)16-23-25(24(34)17-31)26(27-29(35)21-10-6-7-11-22(21)30(27)36)28(18-8-4-3-5-9-18)33(23)20-14-12-19(32)13-15-20/h3-15,27H,16-17H2,1-2H3. The quantitative estimate of drug-likeness (QED) is 0.259. The van der Waals surface area contributed by atoms with Crippen LogP contribution in [0.3, 0.4) is 0 Å². The molecule has 4 aromatic rings. The predicted molar refractivity (Wildman–Crippen MR) is 143 cm³/mol. The van der Waals surface area contributed by atoms with Gasteiger partial charge in [-0.3, -0.25) is 14.4 Å². The van der Waals surface area contributed by atoms with Gasteiger partial charge in [-0.1, -0.05) is 84.4 Å². The fourth-order valence-electron chi connectivity index (χ4n) is 5.80. The van der Waals surface area contributed by atoms with Crippen molar-refractivity contribution in [2.45, 2.75) is 32.6 Å². The summed E-state index contributed by atoms with van der Waals surface area (Å²) in [4.78, 5) is 41.3. The van der Waals surface area contributed by atoms with Gasteiger partial charge >= 0.3 is 0 Å². The third-order valence-electron chi connectivity index (χ3n) is 7.27. The van der Waals surface area contributed by atoms with Gasteiger partial charge in [0.2, 0.25) is 0 Å². The molecule has 0 bridgehead atoms. The second kappa shape index (κ2) is 8.24. The van der Waals surface area contributed by atoms with E-state index in [0.717, 1.165) is 27.1 Å². The molecule has 4 nitrogen and oxygen atoms in total. The fourth-order valence-corrected chi connectivity index (χ4v) is 6.06. The predicted octanol–water partition coefficient (Wildman–Crippen LogP) is 7.22. The zero-order chi connectivity index (χ0) is 25.2. The molecule has 1 aromatic heterocycles. The lowest BCUT2D eigenvalue weighted by Gasteiger charge is -2.30. The molecule has 0 fully saturated rings. The van der Waals surface area contributed by atoms with Crippen LogP contribution < -0.4 is 0 Å². The Labute approximate surface area is 218 Å². The average Bonchev–Trinajstić information content (AvgIpc) is 3.31. The first-order chi connectivity index (χ1) is 17.3. The van der Waals surface area contributed by atoms with E-state index >= 15 is 0 Å². The van der Waals surface area contributed by atoms with Crippen molar-refractivity contribution < 1.29 is 14.4 Å². The summed E-state index contributed by atoms with van der Waals surface area (Å²) in [5, 5.41) is 0. The molecule has 0 saturated heterocycles. The van der Waals surface area contributed by atoms with Gasteiger partial charge in [-0.2, -0.15) is 0 Å². The van der Waals surface area contributed by atoms with Gasteiger partial charge in [0.05, 0.1) is 5.69 Å². The van der Waals surface area contributed by atoms with Crippen molar-refractivity contribution in [3.63, 3.8) is 0 Å². The number of carbonyl (C=O) groups excluding carboxylic acids is 3. The number of rotatable bonds is 3. The molecular weight excluding hydrogens is 514 g/mol. The van der Waals surface area contributed by atoms with Crippen LogP contribution in [-0.2, 0) is 6.42 Å². The lowest BCUT2D eigenvalue weighted by atomic mass is 9.74. The second-order valence-electron chi connectivity index (χ2n) is 10.4. The first-order valence-electron chi connectivity index (χ1n) is 12.1. The number of ketones is 3. The highest BCUT2D eigenvalue weighted by Crippen LogP contribution is 2.48. The molecule has 2 aliphatic rings. The van der Waals surface area contributed by atoms with Crippen molar-refractivity contribution >= 4 is 33.3 Å². The zero-order valence-electron chi connectivity index (χ0n) is 20.0. The molecule has 6 rings (SSSR count). The number of carbonyl (C=O) groups is 3. The Hall–Kier alpha value is -3.57. The van der Waals surface area contributed by atoms with E-state index in [1.54, 1.807) is 24.3 Å². The minimum Gasteiger partial charge on any atom is -0.313 e. The Morgan fingerprint density at radius 3 is 1.97 bits per heavy atom. The number of halogens is 1. The maximum Gasteiger partial charge on any atom is 0.178 e. The number of Topliss-reactive ketones (excluding diaryl/α,β-unsaturated/α-hetero) is 3. The van der Waals surface area contributed by atoms with Crippen molar-refractivity contribution in [3.05, 3.63) is 111 Å². The van der Waals surface area contributed by atoms with Gasteiger partial charge in [-0.15, -0.1) is 0 Å². The molecule has 3 aromatic carbocycles. The van der Waals surface area contributed by atoms with Gasteiger partial charge < -0.3 is 4.57 Å². The molecule has 0 spiro atoms. The Balaban J connectivity index is 1.73. The summed E-state index contributed by atoms with van der Waals surface area (Å²) in [7, 11) is 0. The van der Waals surface area contributed by atoms with Crippen molar-refractivity contribution in [1.82, 2.24) is 4.57 Å². The monoisotopic (exact) mass is 537 g/mol. The molecule has 0 radical (unpaired) electrons. The van der Waals surface area contributed by atoms with Gasteiger partial charge in [-0.05, 0) is 41.7 Å². The number of aromatic nitrogens is 1. The molecule has 0 unspecified atom stereocenters. The number of hydrogen-bond acceptors (Lipinski definition) is 3. The third kappa shape index (κ3) is 3.45. The van der Waals surface area contributed by atoms with Gasteiger partial charge in [0.25, 0.3) is 0 Å². The van der Waals surface area contributed by atoms with E-state index < -0.39 is 5.92 Å². The summed E-state index contributed by atoms with van der Waals surface area (Å²) in [6, 6.07) is 24.7. The molecule has 178 valence electrons. The van der Waals surface area contributed by atoms with Crippen LogP contribution in [0.2, 0.25) is 0 Å². The Morgan fingerprint density at radius 1 is 0.778 bits per heavy atom. The smallest absolute Gasteiger partial charge is 0.178 e. The molecule has 0 aliphatic heterocycles. The zero-order valence-corrected chi connectivity index (χ0v) is 21.6. The van der Waals surface area contributed by atoms with Crippen molar-refractivity contribution in [1.29, 1.82) is 0 Å². The molecule has 0 atom stereocenters. The van der Waals surface area contributed by atoms with Crippen LogP contribution >= 0.6 is 15.9 Å². The van der Waals surface area contributed by atoms with Crippen LogP contribution in [0.1, 0.15) is 68.5 Å². The largest absolute Gasteiger partial charge is 0.313 e. The molecule has 5 heteroatoms. The van der Waals surface area contributed by atoms with E-state index in [1.807, 2.05) is 54.6 Å². The molecular formula is C31H24BrNO3. The molecule has 0 amide bonds. The number of hydrogen-bond donors (Lipinski definition) is 0. The van der Waals surface area contributed by atoms with Crippen molar-refractivity contribution in [2.75, 3.05) is 0 Å². The van der Waals surface area contributed by atoms with Gasteiger partial charge in [0.15, 0.2) is 17.3 Å². The minimum atomic E-state index is -1.03. The fraction of sp³-hybridized carbons (Fsp3) is 0.194. The number of nitrogens with zero attached hydrogens (tertiary/aromatic N) is 1. The molecule has 36 heavy (non-hydrogen) atoms. The summed E-state index contributed by atoms with van der Waals surface area (Å²) in [5.74, 6) is -1.52. The van der Waals surface area contributed by atoms with Gasteiger partial charge in [0.1, 0.15) is 5.92 Å². The Bertz CT molecular complexity index is 1530. The first-order valence-corrected chi connectivity index (χ1v) is 12.9. The maximum atomic E-state index is 13.8. The van der Waals surface area contributed by atoms with Gasteiger partial charge in [0, 0.05) is 44.5 Å². The van der Waals surface area contributed by atoms with Crippen LogP contribution in [-0.4, -0.2) is 21.9 Å². The lowest BCUT2D eigenvalue weighted by molar-refractivity contribution is 0.0888. The highest BCUT2D eigenvalue weighted by molar-refractivity contribution is 9.10. The van der Waals surface area contributed by atoms with E-state index in [2.05, 4.69) is 34.3 Å². The highest BCUT2D eigenvalue weighted by Gasteiger charge is 2.47. The SMILES string of the molecule is CC1(C)CC(=O)c2c(C3C(=O)c4ccccc4C3=O)c(-c3ccccc3)n(-c3ccc(Br)cc3)c2C1. The van der Waals surface area contributed by atoms with Crippen LogP contribution in [0.25, 0.3) is 16.9 Å². The van der Waals surface area contributed by atoms with Crippen LogP contribution in [0.15, 0.2) is 83.3 Å². The Morgan fingerprint density at radius 2 is 1.36 bits per heavy atom. The van der Waals surface area contributed by atoms with E-state index in [1.165, 1.54) is 0 Å². The highest BCUT2D eigenvalue weighted by atomic mass is 79.9. The topological polar surface area (TPSA) is 56.1 Å². The molecule has 2 aliphatic carbocycles. The lowest BCUT2D eigenvalue weighted by Crippen LogP contribution is -2.29. The average molecular weight is 538 g/mol. The summed E-state index contributed by atoms with van der Waals surface area (Å²) in [6.07, 6.45) is 1.03. The molecule has 0 N–H and O–H groups in total. The van der Waals surface area contributed by atoms with Crippen LogP contribution in [0.4, 0.5) is 0 Å². The Kier molecular flexibility index (Phi) is 5.23. The van der Waals surface area contributed by atoms with Crippen LogP contribution in [0.5, 0.6) is 0 Å². The number of fused-ring (bicyclic) bond motifs is 2. The van der Waals surface area contributed by atoms with E-state index in [-0.39, 0.29) is 22.8 Å².